The fourth-order valence-electron chi connectivity index (χ4n) is 4.07. The summed E-state index contributed by atoms with van der Waals surface area (Å²) in [6, 6.07) is 2.66. The highest BCUT2D eigenvalue weighted by Crippen LogP contribution is 2.33. The molecular formula is C25H39F3N4O. The van der Waals surface area contributed by atoms with Crippen LogP contribution in [0.15, 0.2) is 18.2 Å². The van der Waals surface area contributed by atoms with E-state index >= 15 is 0 Å². The highest BCUT2D eigenvalue weighted by molar-refractivity contribution is 5.95. The molecule has 0 aliphatic carbocycles. The molecule has 0 aliphatic heterocycles. The molecular weight excluding hydrogens is 429 g/mol. The van der Waals surface area contributed by atoms with E-state index in [1.54, 1.807) is 4.57 Å². The van der Waals surface area contributed by atoms with Gasteiger partial charge in [-0.05, 0) is 38.5 Å². The average Bonchev–Trinajstić information content (AvgIpc) is 3.11. The van der Waals surface area contributed by atoms with Crippen molar-refractivity contribution in [2.24, 2.45) is 5.73 Å². The number of hydrogen-bond donors (Lipinski definition) is 2. The number of imidazole rings is 1. The number of halogens is 3. The number of benzene rings is 1. The Morgan fingerprint density at radius 3 is 2.15 bits per heavy atom. The van der Waals surface area contributed by atoms with Gasteiger partial charge in [-0.2, -0.15) is 13.2 Å². The lowest BCUT2D eigenvalue weighted by Gasteiger charge is -2.16. The predicted octanol–water partition coefficient (Wildman–Crippen LogP) is 7.21. The van der Waals surface area contributed by atoms with Crippen LogP contribution in [-0.4, -0.2) is 21.5 Å². The van der Waals surface area contributed by atoms with Crippen LogP contribution in [0.5, 0.6) is 0 Å². The van der Waals surface area contributed by atoms with Gasteiger partial charge in [0.05, 0.1) is 22.6 Å². The van der Waals surface area contributed by atoms with E-state index in [-0.39, 0.29) is 23.4 Å². The maximum atomic E-state index is 13.1. The zero-order chi connectivity index (χ0) is 24.4. The summed E-state index contributed by atoms with van der Waals surface area (Å²) in [5, 5.41) is 2.73. The van der Waals surface area contributed by atoms with Crippen LogP contribution in [0.1, 0.15) is 103 Å². The summed E-state index contributed by atoms with van der Waals surface area (Å²) < 4.78 is 40.9. The maximum Gasteiger partial charge on any atom is 0.416 e. The monoisotopic (exact) mass is 468 g/mol. The van der Waals surface area contributed by atoms with Crippen molar-refractivity contribution in [3.8, 4) is 0 Å². The lowest BCUT2D eigenvalue weighted by atomic mass is 10.0. The number of carbonyl (C=O) groups is 1. The zero-order valence-corrected chi connectivity index (χ0v) is 20.2. The van der Waals surface area contributed by atoms with Crippen LogP contribution in [-0.2, 0) is 11.0 Å². The number of aromatic nitrogens is 2. The van der Waals surface area contributed by atoms with Crippen LogP contribution >= 0.6 is 0 Å². The topological polar surface area (TPSA) is 72.9 Å². The normalized spacial score (nSPS) is 13.1. The van der Waals surface area contributed by atoms with Crippen molar-refractivity contribution in [1.29, 1.82) is 0 Å². The fourth-order valence-corrected chi connectivity index (χ4v) is 4.07. The highest BCUT2D eigenvalue weighted by atomic mass is 19.4. The number of anilines is 1. The highest BCUT2D eigenvalue weighted by Gasteiger charge is 2.31. The molecule has 0 aliphatic rings. The molecule has 8 heteroatoms. The Labute approximate surface area is 195 Å². The second-order valence-electron chi connectivity index (χ2n) is 9.17. The van der Waals surface area contributed by atoms with Crippen LogP contribution in [0.25, 0.3) is 11.0 Å². The number of nitrogens with two attached hydrogens (primary N) is 1. The Bertz CT molecular complexity index is 876. The number of fused-ring (bicyclic) bond motifs is 1. The van der Waals surface area contributed by atoms with Gasteiger partial charge in [0.2, 0.25) is 11.9 Å². The second-order valence-corrected chi connectivity index (χ2v) is 9.17. The smallest absolute Gasteiger partial charge is 0.320 e. The lowest BCUT2D eigenvalue weighted by Crippen LogP contribution is -2.36. The van der Waals surface area contributed by atoms with E-state index in [2.05, 4.69) is 17.2 Å². The first-order valence-corrected chi connectivity index (χ1v) is 12.3. The number of hydrogen-bond acceptors (Lipinski definition) is 3. The largest absolute Gasteiger partial charge is 0.416 e. The number of amides is 1. The third-order valence-corrected chi connectivity index (χ3v) is 5.97. The first kappa shape index (κ1) is 27.2. The first-order valence-electron chi connectivity index (χ1n) is 12.3. The number of alkyl halides is 3. The van der Waals surface area contributed by atoms with Crippen molar-refractivity contribution in [2.75, 3.05) is 5.32 Å². The Hall–Kier alpha value is -2.09. The Morgan fingerprint density at radius 1 is 1.03 bits per heavy atom. The van der Waals surface area contributed by atoms with Crippen LogP contribution in [0, 0.1) is 0 Å². The summed E-state index contributed by atoms with van der Waals surface area (Å²) in [5.74, 6) is -0.137. The average molecular weight is 469 g/mol. The van der Waals surface area contributed by atoms with Gasteiger partial charge in [-0.25, -0.2) is 4.98 Å². The summed E-state index contributed by atoms with van der Waals surface area (Å²) >= 11 is 0. The maximum absolute atomic E-state index is 13.1. The van der Waals surface area contributed by atoms with Gasteiger partial charge in [-0.3, -0.25) is 10.1 Å². The lowest BCUT2D eigenvalue weighted by molar-refractivity contribution is -0.137. The third-order valence-electron chi connectivity index (χ3n) is 5.97. The number of rotatable bonds is 14. The van der Waals surface area contributed by atoms with Crippen molar-refractivity contribution in [2.45, 2.75) is 110 Å². The van der Waals surface area contributed by atoms with Crippen molar-refractivity contribution in [3.63, 3.8) is 0 Å². The Balaban J connectivity index is 1.86. The van der Waals surface area contributed by atoms with Gasteiger partial charge in [0, 0.05) is 6.04 Å². The van der Waals surface area contributed by atoms with Gasteiger partial charge in [-0.15, -0.1) is 0 Å². The van der Waals surface area contributed by atoms with Gasteiger partial charge in [0.25, 0.3) is 0 Å². The SMILES string of the molecule is CCCCCCCCCCCCC(N)C(=O)Nc1nc2cc(C(F)(F)F)ccc2n1C(C)C. The molecule has 5 nitrogen and oxygen atoms in total. The van der Waals surface area contributed by atoms with E-state index in [1.165, 1.54) is 51.0 Å². The molecule has 1 amide bonds. The number of carbonyl (C=O) groups excluding carboxylic acids is 1. The van der Waals surface area contributed by atoms with Gasteiger partial charge < -0.3 is 10.3 Å². The molecule has 2 aromatic rings. The third kappa shape index (κ3) is 8.32. The summed E-state index contributed by atoms with van der Waals surface area (Å²) in [4.78, 5) is 16.9. The molecule has 1 aromatic carbocycles. The Kier molecular flexibility index (Phi) is 10.7. The van der Waals surface area contributed by atoms with Crippen molar-refractivity contribution < 1.29 is 18.0 Å². The minimum absolute atomic E-state index is 0.0970. The number of unbranched alkanes of at least 4 members (excludes halogenated alkanes) is 9. The number of nitrogens with one attached hydrogen (secondary N) is 1. The molecule has 0 saturated carbocycles. The minimum atomic E-state index is -4.45. The molecule has 0 fully saturated rings. The molecule has 33 heavy (non-hydrogen) atoms. The van der Waals surface area contributed by atoms with Gasteiger partial charge >= 0.3 is 6.18 Å². The van der Waals surface area contributed by atoms with E-state index in [0.717, 1.165) is 31.4 Å². The predicted molar refractivity (Wildman–Crippen MR) is 128 cm³/mol. The standard InChI is InChI=1S/C25H39F3N4O/c1-4-5-6-7-8-9-10-11-12-13-14-20(29)23(33)31-24-30-21-17-19(25(26,27)28)15-16-22(21)32(24)18(2)3/h15-18,20H,4-14,29H2,1-3H3,(H,30,31,33). The molecule has 0 spiro atoms. The minimum Gasteiger partial charge on any atom is -0.320 e. The van der Waals surface area contributed by atoms with Crippen LogP contribution in [0.3, 0.4) is 0 Å². The van der Waals surface area contributed by atoms with Gasteiger partial charge in [0.15, 0.2) is 0 Å². The van der Waals surface area contributed by atoms with Crippen molar-refractivity contribution >= 4 is 22.9 Å². The van der Waals surface area contributed by atoms with Crippen molar-refractivity contribution in [3.05, 3.63) is 23.8 Å². The molecule has 1 atom stereocenters. The quantitative estimate of drug-likeness (QED) is 0.288. The molecule has 0 radical (unpaired) electrons. The van der Waals surface area contributed by atoms with Crippen LogP contribution in [0.4, 0.5) is 19.1 Å². The van der Waals surface area contributed by atoms with E-state index in [4.69, 9.17) is 5.73 Å². The summed E-state index contributed by atoms with van der Waals surface area (Å²) in [5.41, 5.74) is 6.04. The van der Waals surface area contributed by atoms with E-state index in [1.807, 2.05) is 13.8 Å². The molecule has 2 rings (SSSR count). The van der Waals surface area contributed by atoms with E-state index < -0.39 is 17.8 Å². The summed E-state index contributed by atoms with van der Waals surface area (Å²) in [6.45, 7) is 5.99. The Morgan fingerprint density at radius 2 is 1.61 bits per heavy atom. The molecule has 186 valence electrons. The van der Waals surface area contributed by atoms with Gasteiger partial charge in [-0.1, -0.05) is 71.1 Å². The molecule has 0 bridgehead atoms. The molecule has 1 heterocycles. The molecule has 1 unspecified atom stereocenters. The van der Waals surface area contributed by atoms with Crippen molar-refractivity contribution in [1.82, 2.24) is 9.55 Å². The van der Waals surface area contributed by atoms with Crippen LogP contribution in [0.2, 0.25) is 0 Å². The summed E-state index contributed by atoms with van der Waals surface area (Å²) in [6.07, 6.45) is 8.19. The van der Waals surface area contributed by atoms with Gasteiger partial charge in [0.1, 0.15) is 0 Å². The first-order chi connectivity index (χ1) is 15.6. The van der Waals surface area contributed by atoms with Crippen LogP contribution < -0.4 is 11.1 Å². The second kappa shape index (κ2) is 13.0. The van der Waals surface area contributed by atoms with E-state index in [9.17, 15) is 18.0 Å². The molecule has 1 aromatic heterocycles. The van der Waals surface area contributed by atoms with E-state index in [0.29, 0.717) is 11.9 Å². The number of nitrogens with zero attached hydrogens (tertiary/aromatic N) is 2. The molecule has 0 saturated heterocycles. The summed E-state index contributed by atoms with van der Waals surface area (Å²) in [7, 11) is 0. The fraction of sp³-hybridized carbons (Fsp3) is 0.680. The molecule has 3 N–H and O–H groups in total. The zero-order valence-electron chi connectivity index (χ0n) is 20.2.